The lowest BCUT2D eigenvalue weighted by Crippen LogP contribution is -2.49. The van der Waals surface area contributed by atoms with Gasteiger partial charge < -0.3 is 14.5 Å². The van der Waals surface area contributed by atoms with Crippen LogP contribution in [0.5, 0.6) is 0 Å². The largest absolute Gasteiger partial charge is 0.450 e. The van der Waals surface area contributed by atoms with Crippen molar-refractivity contribution in [2.24, 2.45) is 0 Å². The number of nitriles is 1. The molecule has 1 saturated heterocycles. The van der Waals surface area contributed by atoms with E-state index in [-0.39, 0.29) is 17.5 Å². The van der Waals surface area contributed by atoms with Crippen LogP contribution in [0.2, 0.25) is 0 Å². The van der Waals surface area contributed by atoms with Crippen LogP contribution in [0.25, 0.3) is 0 Å². The summed E-state index contributed by atoms with van der Waals surface area (Å²) in [6.07, 6.45) is -0.350. The van der Waals surface area contributed by atoms with Gasteiger partial charge in [-0.05, 0) is 13.0 Å². The van der Waals surface area contributed by atoms with E-state index in [4.69, 9.17) is 10.00 Å². The summed E-state index contributed by atoms with van der Waals surface area (Å²) in [6.45, 7) is 4.06. The van der Waals surface area contributed by atoms with Crippen LogP contribution in [0.3, 0.4) is 0 Å². The van der Waals surface area contributed by atoms with Gasteiger partial charge in [-0.25, -0.2) is 9.78 Å². The Morgan fingerprint density at radius 2 is 2.14 bits per heavy atom. The van der Waals surface area contributed by atoms with Gasteiger partial charge in [0.2, 0.25) is 5.69 Å². The molecule has 0 bridgehead atoms. The van der Waals surface area contributed by atoms with Gasteiger partial charge in [-0.15, -0.1) is 0 Å². The van der Waals surface area contributed by atoms with Gasteiger partial charge in [-0.2, -0.15) is 5.26 Å². The molecule has 116 valence electrons. The molecule has 9 nitrogen and oxygen atoms in total. The fraction of sp³-hybridized carbons (Fsp3) is 0.462. The van der Waals surface area contributed by atoms with E-state index in [2.05, 4.69) is 4.98 Å². The van der Waals surface area contributed by atoms with Crippen LogP contribution in [-0.4, -0.2) is 53.7 Å². The van der Waals surface area contributed by atoms with Gasteiger partial charge in [0.1, 0.15) is 11.9 Å². The van der Waals surface area contributed by atoms with Crippen molar-refractivity contribution >= 4 is 17.6 Å². The second kappa shape index (κ2) is 6.71. The Bertz CT molecular complexity index is 619. The first kappa shape index (κ1) is 15.5. The number of ether oxygens (including phenoxy) is 1. The molecule has 22 heavy (non-hydrogen) atoms. The fourth-order valence-electron chi connectivity index (χ4n) is 2.18. The summed E-state index contributed by atoms with van der Waals surface area (Å²) in [6, 6.07) is 4.53. The average Bonchev–Trinajstić information content (AvgIpc) is 2.54. The number of nitrogens with zero attached hydrogens (tertiary/aromatic N) is 5. The maximum Gasteiger partial charge on any atom is 0.409 e. The summed E-state index contributed by atoms with van der Waals surface area (Å²) in [5.74, 6) is 0.491. The van der Waals surface area contributed by atoms with E-state index in [0.29, 0.717) is 38.6 Å². The van der Waals surface area contributed by atoms with Crippen LogP contribution in [0, 0.1) is 21.4 Å². The molecule has 1 aliphatic rings. The smallest absolute Gasteiger partial charge is 0.409 e. The number of aromatic nitrogens is 1. The molecule has 2 heterocycles. The topological polar surface area (TPSA) is 113 Å². The molecule has 1 aliphatic heterocycles. The molecular weight excluding hydrogens is 290 g/mol. The molecule has 1 amide bonds. The number of anilines is 1. The predicted molar refractivity (Wildman–Crippen MR) is 76.4 cm³/mol. The van der Waals surface area contributed by atoms with Crippen molar-refractivity contribution in [2.45, 2.75) is 6.92 Å². The highest BCUT2D eigenvalue weighted by Crippen LogP contribution is 2.21. The highest BCUT2D eigenvalue weighted by molar-refractivity contribution is 5.68. The Labute approximate surface area is 126 Å². The lowest BCUT2D eigenvalue weighted by atomic mass is 10.2. The van der Waals surface area contributed by atoms with Crippen LogP contribution in [0.4, 0.5) is 16.3 Å². The lowest BCUT2D eigenvalue weighted by molar-refractivity contribution is -0.385. The minimum Gasteiger partial charge on any atom is -0.450 e. The molecule has 0 N–H and O–H groups in total. The van der Waals surface area contributed by atoms with Crippen LogP contribution in [-0.2, 0) is 4.74 Å². The van der Waals surface area contributed by atoms with Gasteiger partial charge in [0.25, 0.3) is 0 Å². The zero-order chi connectivity index (χ0) is 16.1. The minimum absolute atomic E-state index is 0.213. The van der Waals surface area contributed by atoms with E-state index >= 15 is 0 Å². The van der Waals surface area contributed by atoms with Crippen LogP contribution in [0.1, 0.15) is 12.6 Å². The molecule has 0 atom stereocenters. The number of carbonyl (C=O) groups excluding carboxylic acids is 1. The number of hydrogen-bond donors (Lipinski definition) is 0. The molecule has 0 saturated carbocycles. The van der Waals surface area contributed by atoms with Crippen LogP contribution < -0.4 is 4.90 Å². The maximum absolute atomic E-state index is 11.6. The van der Waals surface area contributed by atoms with E-state index in [9.17, 15) is 14.9 Å². The molecule has 2 rings (SSSR count). The minimum atomic E-state index is -0.631. The van der Waals surface area contributed by atoms with Gasteiger partial charge in [-0.1, -0.05) is 0 Å². The molecule has 0 spiro atoms. The molecule has 0 unspecified atom stereocenters. The number of amides is 1. The number of nitro groups is 1. The summed E-state index contributed by atoms with van der Waals surface area (Å²) in [5, 5.41) is 19.7. The highest BCUT2D eigenvalue weighted by Gasteiger charge is 2.24. The second-order valence-electron chi connectivity index (χ2n) is 4.58. The number of hydrogen-bond acceptors (Lipinski definition) is 7. The first-order valence-electron chi connectivity index (χ1n) is 6.79. The first-order valence-corrected chi connectivity index (χ1v) is 6.79. The number of pyridine rings is 1. The molecule has 1 fully saturated rings. The van der Waals surface area contributed by atoms with Gasteiger partial charge in [0.15, 0.2) is 0 Å². The molecule has 1 aromatic heterocycles. The third kappa shape index (κ3) is 3.22. The average molecular weight is 305 g/mol. The monoisotopic (exact) mass is 305 g/mol. The van der Waals surface area contributed by atoms with Gasteiger partial charge in [0, 0.05) is 32.2 Å². The van der Waals surface area contributed by atoms with Crippen molar-refractivity contribution in [2.75, 3.05) is 37.7 Å². The number of rotatable bonds is 3. The summed E-state index contributed by atoms with van der Waals surface area (Å²) in [4.78, 5) is 29.3. The summed E-state index contributed by atoms with van der Waals surface area (Å²) < 4.78 is 4.94. The quantitative estimate of drug-likeness (QED) is 0.607. The van der Waals surface area contributed by atoms with Gasteiger partial charge in [0.05, 0.1) is 11.5 Å². The molecule has 0 aliphatic carbocycles. The lowest BCUT2D eigenvalue weighted by Gasteiger charge is -2.34. The Kier molecular flexibility index (Phi) is 4.73. The van der Waals surface area contributed by atoms with E-state index in [1.54, 1.807) is 17.9 Å². The molecule has 9 heteroatoms. The van der Waals surface area contributed by atoms with E-state index in [0.717, 1.165) is 0 Å². The zero-order valence-electron chi connectivity index (χ0n) is 12.1. The van der Waals surface area contributed by atoms with Crippen molar-refractivity contribution in [1.82, 2.24) is 9.88 Å². The van der Waals surface area contributed by atoms with Gasteiger partial charge in [-0.3, -0.25) is 10.1 Å². The predicted octanol–water partition coefficient (Wildman–Crippen LogP) is 1.14. The molecule has 0 radical (unpaired) electrons. The summed E-state index contributed by atoms with van der Waals surface area (Å²) >= 11 is 0. The first-order chi connectivity index (χ1) is 10.6. The van der Waals surface area contributed by atoms with Crippen molar-refractivity contribution in [3.05, 3.63) is 27.9 Å². The van der Waals surface area contributed by atoms with Crippen molar-refractivity contribution in [3.63, 3.8) is 0 Å². The molecular formula is C13H15N5O4. The van der Waals surface area contributed by atoms with Crippen molar-refractivity contribution in [3.8, 4) is 6.07 Å². The van der Waals surface area contributed by atoms with Gasteiger partial charge >= 0.3 is 11.8 Å². The molecule has 0 aromatic carbocycles. The standard InChI is InChI=1S/C13H15N5O4/c1-2-22-13(19)17-7-5-16(6-8-17)12-4-3-11(18(20)21)10(9-14)15-12/h3-4H,2,5-8H2,1H3. The number of carbonyl (C=O) groups is 1. The second-order valence-corrected chi connectivity index (χ2v) is 4.58. The van der Waals surface area contributed by atoms with E-state index in [1.165, 1.54) is 12.1 Å². The highest BCUT2D eigenvalue weighted by atomic mass is 16.6. The SMILES string of the molecule is CCOC(=O)N1CCN(c2ccc([N+](=O)[O-])c(C#N)n2)CC1. The zero-order valence-corrected chi connectivity index (χ0v) is 12.1. The van der Waals surface area contributed by atoms with E-state index < -0.39 is 4.92 Å². The third-order valence-corrected chi connectivity index (χ3v) is 3.29. The van der Waals surface area contributed by atoms with Crippen LogP contribution in [0.15, 0.2) is 12.1 Å². The maximum atomic E-state index is 11.6. The molecule has 1 aromatic rings. The summed E-state index contributed by atoms with van der Waals surface area (Å²) in [7, 11) is 0. The fourth-order valence-corrected chi connectivity index (χ4v) is 2.18. The Hall–Kier alpha value is -2.89. The Morgan fingerprint density at radius 1 is 1.45 bits per heavy atom. The van der Waals surface area contributed by atoms with Crippen LogP contribution >= 0.6 is 0 Å². The van der Waals surface area contributed by atoms with Crippen molar-refractivity contribution < 1.29 is 14.5 Å². The Balaban J connectivity index is 2.07. The normalized spacial score (nSPS) is 14.4. The summed E-state index contributed by atoms with van der Waals surface area (Å²) in [5.41, 5.74) is -0.522. The third-order valence-electron chi connectivity index (χ3n) is 3.29. The number of piperazine rings is 1. The van der Waals surface area contributed by atoms with Crippen molar-refractivity contribution in [1.29, 1.82) is 5.26 Å². The van der Waals surface area contributed by atoms with E-state index in [1.807, 2.05) is 4.90 Å². The Morgan fingerprint density at radius 3 is 2.68 bits per heavy atom.